The van der Waals surface area contributed by atoms with Crippen LogP contribution in [0.15, 0.2) is 65.6 Å². The molecular formula is C18H15S. The first kappa shape index (κ1) is 12.3. The second-order valence-corrected chi connectivity index (χ2v) is 5.45. The van der Waals surface area contributed by atoms with E-state index < -0.39 is 0 Å². The summed E-state index contributed by atoms with van der Waals surface area (Å²) < 4.78 is 0. The van der Waals surface area contributed by atoms with Gasteiger partial charge in [0.1, 0.15) is 0 Å². The van der Waals surface area contributed by atoms with E-state index in [9.17, 15) is 0 Å². The van der Waals surface area contributed by atoms with Gasteiger partial charge in [0.15, 0.2) is 0 Å². The van der Waals surface area contributed by atoms with Gasteiger partial charge >= 0.3 is 0 Å². The highest BCUT2D eigenvalue weighted by Crippen LogP contribution is 2.22. The highest BCUT2D eigenvalue weighted by atomic mass is 32.2. The fourth-order valence-electron chi connectivity index (χ4n) is 2.34. The van der Waals surface area contributed by atoms with E-state index in [4.69, 9.17) is 0 Å². The van der Waals surface area contributed by atoms with Crippen LogP contribution in [0.5, 0.6) is 0 Å². The Bertz CT molecular complexity index is 678. The minimum Gasteiger partial charge on any atom is -0.130 e. The molecule has 3 aromatic carbocycles. The molecule has 0 aliphatic heterocycles. The maximum absolute atomic E-state index is 3.29. The van der Waals surface area contributed by atoms with Gasteiger partial charge in [-0.25, -0.2) is 0 Å². The molecule has 0 heterocycles. The monoisotopic (exact) mass is 263 g/mol. The third kappa shape index (κ3) is 2.66. The van der Waals surface area contributed by atoms with Crippen LogP contribution in [0.3, 0.4) is 0 Å². The number of rotatable bonds is 3. The zero-order chi connectivity index (χ0) is 13.1. The lowest BCUT2D eigenvalue weighted by Crippen LogP contribution is -1.89. The van der Waals surface area contributed by atoms with Gasteiger partial charge in [-0.15, -0.1) is 11.8 Å². The van der Waals surface area contributed by atoms with Crippen LogP contribution in [0.2, 0.25) is 0 Å². The number of hydrogen-bond acceptors (Lipinski definition) is 1. The number of thioether (sulfide) groups is 1. The van der Waals surface area contributed by atoms with Gasteiger partial charge in [-0.2, -0.15) is 0 Å². The second kappa shape index (κ2) is 5.50. The number of benzene rings is 3. The average molecular weight is 263 g/mol. The number of fused-ring (bicyclic) bond motifs is 1. The van der Waals surface area contributed by atoms with Crippen molar-refractivity contribution in [3.63, 3.8) is 0 Å². The SMILES string of the molecule is CSc1ccc(Cc2cccc3[c]cccc23)cc1. The molecule has 3 aromatic rings. The van der Waals surface area contributed by atoms with Crippen molar-refractivity contribution >= 4 is 22.5 Å². The molecule has 0 saturated carbocycles. The highest BCUT2D eigenvalue weighted by Gasteiger charge is 2.02. The summed E-state index contributed by atoms with van der Waals surface area (Å²) in [7, 11) is 0. The molecule has 0 bridgehead atoms. The molecule has 3 rings (SSSR count). The van der Waals surface area contributed by atoms with Crippen molar-refractivity contribution in [1.82, 2.24) is 0 Å². The van der Waals surface area contributed by atoms with Gasteiger partial charge in [0.25, 0.3) is 0 Å². The van der Waals surface area contributed by atoms with Crippen molar-refractivity contribution < 1.29 is 0 Å². The third-order valence-electron chi connectivity index (χ3n) is 3.35. The zero-order valence-electron chi connectivity index (χ0n) is 10.9. The van der Waals surface area contributed by atoms with Crippen LogP contribution in [0, 0.1) is 6.07 Å². The van der Waals surface area contributed by atoms with Crippen LogP contribution in [-0.2, 0) is 6.42 Å². The lowest BCUT2D eigenvalue weighted by atomic mass is 9.99. The van der Waals surface area contributed by atoms with Crippen molar-refractivity contribution in [3.8, 4) is 0 Å². The van der Waals surface area contributed by atoms with Gasteiger partial charge in [0, 0.05) is 4.90 Å². The Balaban J connectivity index is 1.96. The minimum absolute atomic E-state index is 0.976. The summed E-state index contributed by atoms with van der Waals surface area (Å²) in [6, 6.07) is 24.8. The van der Waals surface area contributed by atoms with E-state index >= 15 is 0 Å². The molecule has 1 heteroatoms. The Morgan fingerprint density at radius 3 is 2.58 bits per heavy atom. The van der Waals surface area contributed by atoms with Crippen LogP contribution in [0.25, 0.3) is 10.8 Å². The van der Waals surface area contributed by atoms with E-state index in [2.05, 4.69) is 66.9 Å². The van der Waals surface area contributed by atoms with Crippen molar-refractivity contribution in [2.75, 3.05) is 6.26 Å². The van der Waals surface area contributed by atoms with Crippen LogP contribution in [0.4, 0.5) is 0 Å². The lowest BCUT2D eigenvalue weighted by Gasteiger charge is -2.07. The van der Waals surface area contributed by atoms with Crippen LogP contribution in [-0.4, -0.2) is 6.26 Å². The first-order valence-electron chi connectivity index (χ1n) is 6.38. The molecule has 0 unspecified atom stereocenters. The summed E-state index contributed by atoms with van der Waals surface area (Å²) in [5.74, 6) is 0. The zero-order valence-corrected chi connectivity index (χ0v) is 11.7. The van der Waals surface area contributed by atoms with Crippen LogP contribution < -0.4 is 0 Å². The molecule has 0 aliphatic carbocycles. The number of hydrogen-bond donors (Lipinski definition) is 0. The fraction of sp³-hybridized carbons (Fsp3) is 0.111. The molecule has 1 radical (unpaired) electrons. The molecular weight excluding hydrogens is 248 g/mol. The van der Waals surface area contributed by atoms with Gasteiger partial charge < -0.3 is 0 Å². The summed E-state index contributed by atoms with van der Waals surface area (Å²) in [6.45, 7) is 0. The van der Waals surface area contributed by atoms with Gasteiger partial charge in [-0.1, -0.05) is 48.5 Å². The van der Waals surface area contributed by atoms with E-state index in [1.54, 1.807) is 11.8 Å². The maximum atomic E-state index is 3.29. The summed E-state index contributed by atoms with van der Waals surface area (Å²) in [6.07, 6.45) is 3.08. The summed E-state index contributed by atoms with van der Waals surface area (Å²) in [4.78, 5) is 1.31. The Hall–Kier alpha value is -1.73. The van der Waals surface area contributed by atoms with Crippen molar-refractivity contribution in [2.24, 2.45) is 0 Å². The predicted octanol–water partition coefficient (Wildman–Crippen LogP) is 4.95. The fourth-order valence-corrected chi connectivity index (χ4v) is 2.74. The molecule has 93 valence electrons. The van der Waals surface area contributed by atoms with Gasteiger partial charge in [0.05, 0.1) is 0 Å². The van der Waals surface area contributed by atoms with Crippen LogP contribution >= 0.6 is 11.8 Å². The van der Waals surface area contributed by atoms with E-state index in [0.717, 1.165) is 6.42 Å². The summed E-state index contributed by atoms with van der Waals surface area (Å²) >= 11 is 1.78. The topological polar surface area (TPSA) is 0 Å². The van der Waals surface area contributed by atoms with E-state index in [1.165, 1.54) is 26.8 Å². The molecule has 0 aliphatic rings. The van der Waals surface area contributed by atoms with Crippen molar-refractivity contribution in [1.29, 1.82) is 0 Å². The molecule has 0 atom stereocenters. The largest absolute Gasteiger partial charge is 0.130 e. The van der Waals surface area contributed by atoms with Crippen LogP contribution in [0.1, 0.15) is 11.1 Å². The minimum atomic E-state index is 0.976. The van der Waals surface area contributed by atoms with Crippen molar-refractivity contribution in [2.45, 2.75) is 11.3 Å². The molecule has 0 N–H and O–H groups in total. The van der Waals surface area contributed by atoms with E-state index in [0.29, 0.717) is 0 Å². The quantitative estimate of drug-likeness (QED) is 0.602. The molecule has 0 amide bonds. The third-order valence-corrected chi connectivity index (χ3v) is 4.09. The Labute approximate surface area is 118 Å². The lowest BCUT2D eigenvalue weighted by molar-refractivity contribution is 1.20. The Morgan fingerprint density at radius 2 is 1.79 bits per heavy atom. The first-order valence-corrected chi connectivity index (χ1v) is 7.60. The van der Waals surface area contributed by atoms with E-state index in [1.807, 2.05) is 6.07 Å². The van der Waals surface area contributed by atoms with Gasteiger partial charge in [0.2, 0.25) is 0 Å². The molecule has 0 aromatic heterocycles. The Morgan fingerprint density at radius 1 is 0.947 bits per heavy atom. The molecule has 19 heavy (non-hydrogen) atoms. The molecule has 0 saturated heterocycles. The maximum Gasteiger partial charge on any atom is 0.00693 e. The predicted molar refractivity (Wildman–Crippen MR) is 83.8 cm³/mol. The Kier molecular flexibility index (Phi) is 3.56. The summed E-state index contributed by atoms with van der Waals surface area (Å²) in [5, 5.41) is 2.50. The first-order chi connectivity index (χ1) is 9.36. The highest BCUT2D eigenvalue weighted by molar-refractivity contribution is 7.98. The van der Waals surface area contributed by atoms with Gasteiger partial charge in [-0.3, -0.25) is 0 Å². The summed E-state index contributed by atoms with van der Waals surface area (Å²) in [5.41, 5.74) is 2.72. The molecule has 0 spiro atoms. The molecule has 0 fully saturated rings. The standard InChI is InChI=1S/C18H15S/c1-19-17-11-9-14(10-12-17)13-16-7-4-6-15-5-2-3-8-18(15)16/h2-4,6-12H,13H2,1H3. The normalized spacial score (nSPS) is 10.8. The van der Waals surface area contributed by atoms with Gasteiger partial charge in [-0.05, 0) is 52.8 Å². The smallest absolute Gasteiger partial charge is 0.00693 e. The molecule has 0 nitrogen and oxygen atoms in total. The van der Waals surface area contributed by atoms with Crippen molar-refractivity contribution in [3.05, 3.63) is 77.9 Å². The second-order valence-electron chi connectivity index (χ2n) is 4.57. The van der Waals surface area contributed by atoms with E-state index in [-0.39, 0.29) is 0 Å². The average Bonchev–Trinajstić information content (AvgIpc) is 2.48.